The maximum absolute atomic E-state index is 13.2. The normalized spacial score (nSPS) is 12.6. The number of halogens is 2. The number of aliphatic hydroxyl groups excluding tert-OH is 1. The van der Waals surface area contributed by atoms with Gasteiger partial charge in [0.2, 0.25) is 0 Å². The SMILES string of the molecule is COc1cccc(F)c1[C@H](O)CCl. The highest BCUT2D eigenvalue weighted by Crippen LogP contribution is 2.28. The molecule has 0 bridgehead atoms. The number of alkyl halides is 1. The van der Waals surface area contributed by atoms with Crippen LogP contribution >= 0.6 is 11.6 Å². The van der Waals surface area contributed by atoms with Crippen LogP contribution in [0.3, 0.4) is 0 Å². The molecule has 1 aromatic carbocycles. The number of aliphatic hydroxyl groups is 1. The van der Waals surface area contributed by atoms with Crippen LogP contribution in [-0.2, 0) is 0 Å². The zero-order chi connectivity index (χ0) is 9.84. The number of rotatable bonds is 3. The molecule has 0 aliphatic heterocycles. The minimum atomic E-state index is -1.03. The van der Waals surface area contributed by atoms with Gasteiger partial charge in [0.1, 0.15) is 11.6 Å². The molecule has 0 radical (unpaired) electrons. The molecular formula is C9H10ClFO2. The van der Waals surface area contributed by atoms with Crippen molar-refractivity contribution in [2.75, 3.05) is 13.0 Å². The smallest absolute Gasteiger partial charge is 0.132 e. The van der Waals surface area contributed by atoms with Crippen molar-refractivity contribution < 1.29 is 14.2 Å². The van der Waals surface area contributed by atoms with Gasteiger partial charge in [-0.05, 0) is 12.1 Å². The zero-order valence-corrected chi connectivity index (χ0v) is 7.88. The number of ether oxygens (including phenoxy) is 1. The molecular weight excluding hydrogens is 195 g/mol. The Bertz CT molecular complexity index is 291. The summed E-state index contributed by atoms with van der Waals surface area (Å²) in [6.45, 7) is 0. The van der Waals surface area contributed by atoms with Crippen LogP contribution in [0.1, 0.15) is 11.7 Å². The summed E-state index contributed by atoms with van der Waals surface area (Å²) in [6, 6.07) is 4.35. The first kappa shape index (κ1) is 10.3. The van der Waals surface area contributed by atoms with Crippen LogP contribution in [0.5, 0.6) is 5.75 Å². The topological polar surface area (TPSA) is 29.5 Å². The molecule has 0 aliphatic carbocycles. The lowest BCUT2D eigenvalue weighted by atomic mass is 10.1. The molecule has 0 aliphatic rings. The number of hydrogen-bond donors (Lipinski definition) is 1. The van der Waals surface area contributed by atoms with Crippen molar-refractivity contribution in [2.45, 2.75) is 6.10 Å². The lowest BCUT2D eigenvalue weighted by Crippen LogP contribution is -2.04. The molecule has 1 atom stereocenters. The van der Waals surface area contributed by atoms with Gasteiger partial charge in [-0.1, -0.05) is 6.07 Å². The van der Waals surface area contributed by atoms with Crippen LogP contribution in [-0.4, -0.2) is 18.1 Å². The van der Waals surface area contributed by atoms with Gasteiger partial charge in [-0.25, -0.2) is 4.39 Å². The standard InChI is InChI=1S/C9H10ClFO2/c1-13-8-4-2-3-6(11)9(8)7(12)5-10/h2-4,7,12H,5H2,1H3/t7-/m1/s1. The quantitative estimate of drug-likeness (QED) is 0.765. The van der Waals surface area contributed by atoms with E-state index in [1.165, 1.54) is 19.2 Å². The molecule has 0 amide bonds. The highest BCUT2D eigenvalue weighted by atomic mass is 35.5. The number of benzene rings is 1. The second-order valence-electron chi connectivity index (χ2n) is 2.53. The molecule has 1 aromatic rings. The van der Waals surface area contributed by atoms with Crippen molar-refractivity contribution in [3.63, 3.8) is 0 Å². The third kappa shape index (κ3) is 2.11. The van der Waals surface area contributed by atoms with E-state index in [-0.39, 0.29) is 11.4 Å². The summed E-state index contributed by atoms with van der Waals surface area (Å²) in [5.41, 5.74) is 0.111. The number of methoxy groups -OCH3 is 1. The van der Waals surface area contributed by atoms with Gasteiger partial charge >= 0.3 is 0 Å². The third-order valence-electron chi connectivity index (χ3n) is 1.71. The molecule has 0 spiro atoms. The van der Waals surface area contributed by atoms with Crippen molar-refractivity contribution in [3.8, 4) is 5.75 Å². The minimum Gasteiger partial charge on any atom is -0.496 e. The molecule has 72 valence electrons. The maximum atomic E-state index is 13.2. The van der Waals surface area contributed by atoms with Gasteiger partial charge in [0, 0.05) is 0 Å². The van der Waals surface area contributed by atoms with E-state index in [2.05, 4.69) is 0 Å². The van der Waals surface area contributed by atoms with Crippen molar-refractivity contribution in [1.29, 1.82) is 0 Å². The van der Waals surface area contributed by atoms with Gasteiger partial charge in [-0.2, -0.15) is 0 Å². The van der Waals surface area contributed by atoms with E-state index in [0.717, 1.165) is 0 Å². The fourth-order valence-electron chi connectivity index (χ4n) is 1.10. The van der Waals surface area contributed by atoms with Crippen LogP contribution in [0.2, 0.25) is 0 Å². The fraction of sp³-hybridized carbons (Fsp3) is 0.333. The second kappa shape index (κ2) is 4.44. The lowest BCUT2D eigenvalue weighted by Gasteiger charge is -2.12. The van der Waals surface area contributed by atoms with Crippen molar-refractivity contribution in [3.05, 3.63) is 29.6 Å². The average molecular weight is 205 g/mol. The molecule has 1 N–H and O–H groups in total. The molecule has 0 aromatic heterocycles. The summed E-state index contributed by atoms with van der Waals surface area (Å²) < 4.78 is 18.1. The lowest BCUT2D eigenvalue weighted by molar-refractivity contribution is 0.192. The van der Waals surface area contributed by atoms with Gasteiger partial charge in [-0.15, -0.1) is 11.6 Å². The highest BCUT2D eigenvalue weighted by Gasteiger charge is 2.16. The number of hydrogen-bond acceptors (Lipinski definition) is 2. The van der Waals surface area contributed by atoms with Gasteiger partial charge in [0.25, 0.3) is 0 Å². The Kier molecular flexibility index (Phi) is 3.51. The molecule has 0 unspecified atom stereocenters. The summed E-state index contributed by atoms with van der Waals surface area (Å²) in [5.74, 6) is -0.252. The molecule has 4 heteroatoms. The van der Waals surface area contributed by atoms with Crippen LogP contribution < -0.4 is 4.74 Å². The van der Waals surface area contributed by atoms with E-state index in [9.17, 15) is 9.50 Å². The van der Waals surface area contributed by atoms with E-state index >= 15 is 0 Å². The first-order valence-electron chi connectivity index (χ1n) is 3.77. The largest absolute Gasteiger partial charge is 0.496 e. The van der Waals surface area contributed by atoms with Crippen molar-refractivity contribution >= 4 is 11.6 Å². The summed E-state index contributed by atoms with van der Waals surface area (Å²) in [6.07, 6.45) is -1.03. The Hall–Kier alpha value is -0.800. The summed E-state index contributed by atoms with van der Waals surface area (Å²) in [5, 5.41) is 9.37. The Labute approximate surface area is 80.9 Å². The van der Waals surface area contributed by atoms with Gasteiger partial charge < -0.3 is 9.84 Å². The highest BCUT2D eigenvalue weighted by molar-refractivity contribution is 6.18. The van der Waals surface area contributed by atoms with E-state index in [1.807, 2.05) is 0 Å². The molecule has 2 nitrogen and oxygen atoms in total. The predicted octanol–water partition coefficient (Wildman–Crippen LogP) is 2.11. The molecule has 0 fully saturated rings. The Morgan fingerprint density at radius 1 is 1.62 bits per heavy atom. The van der Waals surface area contributed by atoms with Crippen LogP contribution in [0.4, 0.5) is 4.39 Å². The first-order valence-corrected chi connectivity index (χ1v) is 4.30. The Balaban J connectivity index is 3.14. The van der Waals surface area contributed by atoms with Crippen molar-refractivity contribution in [1.82, 2.24) is 0 Å². The zero-order valence-electron chi connectivity index (χ0n) is 7.13. The van der Waals surface area contributed by atoms with Gasteiger partial charge in [-0.3, -0.25) is 0 Å². The van der Waals surface area contributed by atoms with Crippen LogP contribution in [0.15, 0.2) is 18.2 Å². The van der Waals surface area contributed by atoms with Gasteiger partial charge in [0.05, 0.1) is 24.7 Å². The Morgan fingerprint density at radius 3 is 2.85 bits per heavy atom. The van der Waals surface area contributed by atoms with E-state index < -0.39 is 11.9 Å². The summed E-state index contributed by atoms with van der Waals surface area (Å²) >= 11 is 5.42. The predicted molar refractivity (Wildman–Crippen MR) is 48.6 cm³/mol. The fourth-order valence-corrected chi connectivity index (χ4v) is 1.25. The molecule has 1 rings (SSSR count). The molecule has 13 heavy (non-hydrogen) atoms. The minimum absolute atomic E-state index is 0.0582. The average Bonchev–Trinajstić information content (AvgIpc) is 2.16. The first-order chi connectivity index (χ1) is 6.20. The maximum Gasteiger partial charge on any atom is 0.132 e. The monoisotopic (exact) mass is 204 g/mol. The van der Waals surface area contributed by atoms with Crippen LogP contribution in [0.25, 0.3) is 0 Å². The van der Waals surface area contributed by atoms with Gasteiger partial charge in [0.15, 0.2) is 0 Å². The van der Waals surface area contributed by atoms with Crippen molar-refractivity contribution in [2.24, 2.45) is 0 Å². The third-order valence-corrected chi connectivity index (χ3v) is 2.00. The van der Waals surface area contributed by atoms with E-state index in [1.54, 1.807) is 6.07 Å². The molecule has 0 saturated carbocycles. The summed E-state index contributed by atoms with van der Waals surface area (Å²) in [4.78, 5) is 0. The summed E-state index contributed by atoms with van der Waals surface area (Å²) in [7, 11) is 1.42. The second-order valence-corrected chi connectivity index (χ2v) is 2.83. The van der Waals surface area contributed by atoms with E-state index in [0.29, 0.717) is 5.75 Å². The van der Waals surface area contributed by atoms with E-state index in [4.69, 9.17) is 16.3 Å². The molecule has 0 saturated heterocycles. The molecule has 0 heterocycles. The van der Waals surface area contributed by atoms with Crippen LogP contribution in [0, 0.1) is 5.82 Å². The Morgan fingerprint density at radius 2 is 2.31 bits per heavy atom.